The van der Waals surface area contributed by atoms with Crippen LogP contribution in [0.4, 0.5) is 5.82 Å². The Morgan fingerprint density at radius 2 is 2.04 bits per heavy atom. The molecule has 1 aromatic heterocycles. The summed E-state index contributed by atoms with van der Waals surface area (Å²) in [4.78, 5) is 25.0. The Labute approximate surface area is 168 Å². The molecule has 0 fully saturated rings. The molecule has 28 heavy (non-hydrogen) atoms. The lowest BCUT2D eigenvalue weighted by Crippen LogP contribution is -2.33. The molecule has 0 saturated heterocycles. The summed E-state index contributed by atoms with van der Waals surface area (Å²) >= 11 is 6.02. The summed E-state index contributed by atoms with van der Waals surface area (Å²) in [5, 5.41) is 6.23. The number of aryl methyl sites for hydroxylation is 1. The first kappa shape index (κ1) is 21.9. The summed E-state index contributed by atoms with van der Waals surface area (Å²) in [7, 11) is -3.54. The van der Waals surface area contributed by atoms with Crippen LogP contribution in [-0.4, -0.2) is 37.8 Å². The van der Waals surface area contributed by atoms with Crippen LogP contribution in [0.25, 0.3) is 0 Å². The highest BCUT2D eigenvalue weighted by Gasteiger charge is 2.26. The molecule has 1 amide bonds. The van der Waals surface area contributed by atoms with Gasteiger partial charge in [-0.25, -0.2) is 13.2 Å². The van der Waals surface area contributed by atoms with Gasteiger partial charge in [0.25, 0.3) is 5.91 Å². The molecule has 0 saturated carbocycles. The number of hydrogen-bond donors (Lipinski definition) is 1. The van der Waals surface area contributed by atoms with Gasteiger partial charge in [0.05, 0.1) is 15.5 Å². The Morgan fingerprint density at radius 1 is 1.32 bits per heavy atom. The fraction of sp³-hybridized carbons (Fsp3) is 0.389. The number of hydrogen-bond acceptors (Lipinski definition) is 7. The zero-order valence-electron chi connectivity index (χ0n) is 15.7. The molecule has 1 heterocycles. The van der Waals surface area contributed by atoms with Crippen LogP contribution in [0.5, 0.6) is 0 Å². The minimum absolute atomic E-state index is 0.0270. The van der Waals surface area contributed by atoms with Gasteiger partial charge in [-0.2, -0.15) is 0 Å². The lowest BCUT2D eigenvalue weighted by Gasteiger charge is -2.17. The fourth-order valence-corrected chi connectivity index (χ4v) is 3.19. The Kier molecular flexibility index (Phi) is 7.20. The van der Waals surface area contributed by atoms with Crippen molar-refractivity contribution in [2.75, 3.05) is 11.6 Å². The summed E-state index contributed by atoms with van der Waals surface area (Å²) in [6.45, 7) is 3.61. The Bertz CT molecular complexity index is 970. The van der Waals surface area contributed by atoms with Gasteiger partial charge in [-0.3, -0.25) is 4.79 Å². The number of benzene rings is 1. The van der Waals surface area contributed by atoms with Crippen molar-refractivity contribution in [2.45, 2.75) is 44.1 Å². The third kappa shape index (κ3) is 5.80. The van der Waals surface area contributed by atoms with Gasteiger partial charge in [0.2, 0.25) is 0 Å². The largest absolute Gasteiger partial charge is 0.449 e. The van der Waals surface area contributed by atoms with Gasteiger partial charge in [0.15, 0.2) is 21.8 Å². The van der Waals surface area contributed by atoms with E-state index in [0.717, 1.165) is 18.7 Å². The quantitative estimate of drug-likeness (QED) is 0.640. The second kappa shape index (κ2) is 9.20. The van der Waals surface area contributed by atoms with Gasteiger partial charge in [-0.15, -0.1) is 0 Å². The van der Waals surface area contributed by atoms with Gasteiger partial charge in [-0.05, 0) is 38.0 Å². The van der Waals surface area contributed by atoms with Gasteiger partial charge < -0.3 is 14.6 Å². The molecule has 2 rings (SSSR count). The maximum Gasteiger partial charge on any atom is 0.340 e. The fourth-order valence-electron chi connectivity index (χ4n) is 2.35. The van der Waals surface area contributed by atoms with Crippen molar-refractivity contribution < 1.29 is 27.3 Å². The normalized spacial score (nSPS) is 12.4. The van der Waals surface area contributed by atoms with Crippen LogP contribution in [0.15, 0.2) is 33.7 Å². The molecule has 0 aliphatic heterocycles. The van der Waals surface area contributed by atoms with Crippen molar-refractivity contribution in [2.24, 2.45) is 0 Å². The molecule has 10 heteroatoms. The molecule has 0 aliphatic carbocycles. The number of aromatic nitrogens is 1. The Balaban J connectivity index is 2.21. The van der Waals surface area contributed by atoms with Crippen LogP contribution in [0.1, 0.15) is 42.3 Å². The highest BCUT2D eigenvalue weighted by molar-refractivity contribution is 7.90. The number of carbonyl (C=O) groups is 2. The zero-order valence-corrected chi connectivity index (χ0v) is 17.3. The molecule has 8 nitrogen and oxygen atoms in total. The summed E-state index contributed by atoms with van der Waals surface area (Å²) in [6, 6.07) is 5.26. The molecular formula is C18H21ClN2O6S. The van der Waals surface area contributed by atoms with Gasteiger partial charge >= 0.3 is 5.97 Å². The minimum Gasteiger partial charge on any atom is -0.449 e. The van der Waals surface area contributed by atoms with Crippen molar-refractivity contribution in [1.82, 2.24) is 5.16 Å². The number of nitrogens with one attached hydrogen (secondary N) is 1. The van der Waals surface area contributed by atoms with Crippen LogP contribution in [0.2, 0.25) is 5.02 Å². The molecule has 0 spiro atoms. The van der Waals surface area contributed by atoms with E-state index in [1.807, 2.05) is 6.92 Å². The second-order valence-electron chi connectivity index (χ2n) is 6.26. The standard InChI is InChI=1S/C18H21ClN2O6S/c1-4-5-6-15(17(22)20-16-9-11(2)27-21-16)26-18(23)13-10-12(28(3,24)25)7-8-14(13)19/h7-10,15H,4-6H2,1-3H3,(H,20,21,22)/t15-/m0/s1. The molecule has 152 valence electrons. The van der Waals surface area contributed by atoms with Crippen LogP contribution < -0.4 is 5.32 Å². The highest BCUT2D eigenvalue weighted by Crippen LogP contribution is 2.23. The third-order valence-corrected chi connectivity index (χ3v) is 5.27. The van der Waals surface area contributed by atoms with E-state index in [1.54, 1.807) is 6.92 Å². The molecule has 2 aromatic rings. The van der Waals surface area contributed by atoms with Crippen molar-refractivity contribution in [3.05, 3.63) is 40.6 Å². The number of sulfone groups is 1. The highest BCUT2D eigenvalue weighted by atomic mass is 35.5. The number of amides is 1. The van der Waals surface area contributed by atoms with E-state index < -0.39 is 27.8 Å². The van der Waals surface area contributed by atoms with Crippen molar-refractivity contribution in [1.29, 1.82) is 0 Å². The number of halogens is 1. The average Bonchev–Trinajstić information content (AvgIpc) is 3.02. The molecule has 1 N–H and O–H groups in total. The zero-order chi connectivity index (χ0) is 20.9. The maximum atomic E-state index is 12.6. The SMILES string of the molecule is CCCC[C@H](OC(=O)c1cc(S(C)(=O)=O)ccc1Cl)C(=O)Nc1cc(C)on1. The molecule has 1 aromatic carbocycles. The predicted molar refractivity (Wildman–Crippen MR) is 103 cm³/mol. The Morgan fingerprint density at radius 3 is 2.61 bits per heavy atom. The summed E-state index contributed by atoms with van der Waals surface area (Å²) in [5.41, 5.74) is -0.129. The second-order valence-corrected chi connectivity index (χ2v) is 8.68. The molecule has 0 unspecified atom stereocenters. The van der Waals surface area contributed by atoms with Crippen molar-refractivity contribution >= 4 is 39.1 Å². The molecule has 0 aliphatic rings. The van der Waals surface area contributed by atoms with E-state index in [4.69, 9.17) is 20.9 Å². The average molecular weight is 429 g/mol. The summed E-state index contributed by atoms with van der Waals surface area (Å²) < 4.78 is 33.7. The monoisotopic (exact) mass is 428 g/mol. The van der Waals surface area contributed by atoms with Crippen LogP contribution in [-0.2, 0) is 19.4 Å². The van der Waals surface area contributed by atoms with Crippen molar-refractivity contribution in [3.8, 4) is 0 Å². The van der Waals surface area contributed by atoms with Crippen LogP contribution in [0, 0.1) is 6.92 Å². The third-order valence-electron chi connectivity index (χ3n) is 3.83. The first-order chi connectivity index (χ1) is 13.1. The topological polar surface area (TPSA) is 116 Å². The van der Waals surface area contributed by atoms with E-state index in [-0.39, 0.29) is 27.7 Å². The number of anilines is 1. The predicted octanol–water partition coefficient (Wildman–Crippen LogP) is 3.39. The minimum atomic E-state index is -3.54. The van der Waals surface area contributed by atoms with E-state index in [1.165, 1.54) is 18.2 Å². The van der Waals surface area contributed by atoms with Gasteiger partial charge in [0.1, 0.15) is 5.76 Å². The van der Waals surface area contributed by atoms with Crippen LogP contribution in [0.3, 0.4) is 0 Å². The number of carbonyl (C=O) groups excluding carboxylic acids is 2. The maximum absolute atomic E-state index is 12.6. The number of rotatable bonds is 8. The summed E-state index contributed by atoms with van der Waals surface area (Å²) in [6.07, 6.45) is 1.63. The first-order valence-electron chi connectivity index (χ1n) is 8.56. The van der Waals surface area contributed by atoms with Gasteiger partial charge in [0, 0.05) is 12.3 Å². The number of unbranched alkanes of at least 4 members (excludes halogenated alkanes) is 1. The van der Waals surface area contributed by atoms with E-state index in [9.17, 15) is 18.0 Å². The van der Waals surface area contributed by atoms with E-state index in [2.05, 4.69) is 10.5 Å². The molecule has 0 bridgehead atoms. The Hall–Kier alpha value is -2.39. The number of esters is 1. The van der Waals surface area contributed by atoms with E-state index >= 15 is 0 Å². The molecule has 1 atom stereocenters. The van der Waals surface area contributed by atoms with E-state index in [0.29, 0.717) is 12.2 Å². The number of nitrogens with zero attached hydrogens (tertiary/aromatic N) is 1. The lowest BCUT2D eigenvalue weighted by atomic mass is 10.1. The first-order valence-corrected chi connectivity index (χ1v) is 10.8. The number of ether oxygens (including phenoxy) is 1. The lowest BCUT2D eigenvalue weighted by molar-refractivity contribution is -0.125. The van der Waals surface area contributed by atoms with Gasteiger partial charge in [-0.1, -0.05) is 30.1 Å². The van der Waals surface area contributed by atoms with Crippen molar-refractivity contribution in [3.63, 3.8) is 0 Å². The molecular weight excluding hydrogens is 408 g/mol. The smallest absolute Gasteiger partial charge is 0.340 e. The summed E-state index contributed by atoms with van der Waals surface area (Å²) in [5.74, 6) is -0.729. The molecule has 0 radical (unpaired) electrons. The van der Waals surface area contributed by atoms with Crippen LogP contribution >= 0.6 is 11.6 Å².